The van der Waals surface area contributed by atoms with Crippen molar-refractivity contribution in [1.82, 2.24) is 0 Å². The number of ether oxygens (including phenoxy) is 9. The largest absolute Gasteiger partial charge is 0.394 e. The number of hydrogen-bond donors (Lipinski definition) is 24. The van der Waals surface area contributed by atoms with Crippen LogP contribution in [-0.4, -0.2) is 346 Å². The van der Waals surface area contributed by atoms with Crippen molar-refractivity contribution in [2.45, 2.75) is 184 Å². The van der Waals surface area contributed by atoms with Gasteiger partial charge < -0.3 is 165 Å². The maximum atomic E-state index is 9.84. The molecule has 6 fully saturated rings. The van der Waals surface area contributed by atoms with Crippen molar-refractivity contribution in [3.63, 3.8) is 0 Å². The van der Waals surface area contributed by atoms with Gasteiger partial charge in [-0.1, -0.05) is 0 Å². The van der Waals surface area contributed by atoms with Crippen LogP contribution in [0.3, 0.4) is 0 Å². The monoisotopic (exact) mass is 1030 g/mol. The van der Waals surface area contributed by atoms with Gasteiger partial charge in [0.15, 0.2) is 37.7 Å². The maximum absolute atomic E-state index is 9.84. The average molecular weight is 1030 g/mol. The summed E-state index contributed by atoms with van der Waals surface area (Å²) in [7, 11) is 0. The number of rotatable bonds is 12. The Balaban J connectivity index is 0.000000225. The smallest absolute Gasteiger partial charge is 0.189 e. The third-order valence-electron chi connectivity index (χ3n) is 11.9. The van der Waals surface area contributed by atoms with Crippen molar-refractivity contribution in [1.29, 1.82) is 0 Å². The molecule has 6 saturated heterocycles. The van der Waals surface area contributed by atoms with Gasteiger partial charge >= 0.3 is 0 Å². The molecule has 6 rings (SSSR count). The summed E-state index contributed by atoms with van der Waals surface area (Å²) in [5.41, 5.74) is 0. The molecule has 0 bridgehead atoms. The van der Waals surface area contributed by atoms with Crippen LogP contribution in [0, 0.1) is 0 Å². The van der Waals surface area contributed by atoms with Gasteiger partial charge in [-0.3, -0.25) is 0 Å². The van der Waals surface area contributed by atoms with Crippen LogP contribution in [0.4, 0.5) is 0 Å². The quantitative estimate of drug-likeness (QED) is 0.0863. The minimum absolute atomic E-state index is 0.667. The second kappa shape index (κ2) is 26.8. The fourth-order valence-electron chi connectivity index (χ4n) is 7.48. The van der Waals surface area contributed by atoms with Crippen LogP contribution in [0.2, 0.25) is 0 Å². The van der Waals surface area contributed by atoms with E-state index in [-0.39, 0.29) is 0 Å². The highest BCUT2D eigenvalue weighted by atomic mass is 16.8. The van der Waals surface area contributed by atoms with Crippen LogP contribution in [0.15, 0.2) is 0 Å². The molecule has 0 radical (unpaired) electrons. The SMILES string of the molecule is OC[C@H]1O[C@H](O[C@H]2O[C@H](CO)[C@@H](O)[C@H](O)[C@H]2O)[C@H](O)[C@@H](O)[C@@H]1O.OC[C@H]1O[C@H](O[C@H]2O[C@H](CO)[C@@H](O)[C@H](O)[C@H]2O)[C@H](O)[C@@H](O)[C@@H]1O.OC[C@H]1O[C@H](O[C@H]2O[C@H](CO)[C@@H](O)[C@H](O)[C@H]2O)[C@H](O)[C@@H](O)[C@@H]1O. The summed E-state index contributed by atoms with van der Waals surface area (Å²) in [6, 6.07) is 0. The Labute approximate surface area is 389 Å². The minimum Gasteiger partial charge on any atom is -0.394 e. The minimum atomic E-state index is -1.72. The lowest BCUT2D eigenvalue weighted by Crippen LogP contribution is -2.63. The molecule has 6 aliphatic heterocycles. The molecule has 33 nitrogen and oxygen atoms in total. The standard InChI is InChI=1S/3C12H22O11/c3*13-1-3-5(15)7(17)9(19)11(21-3)23-12-10(20)8(18)6(16)4(2-14)22-12/h3*3-20H,1-2H2/t3*3-,4-,5-,6-,7+,8+,9-,10-,11-,12-/m111/s1. The molecule has 0 aromatic heterocycles. The maximum Gasteiger partial charge on any atom is 0.189 e. The Morgan fingerprint density at radius 1 is 0.188 bits per heavy atom. The van der Waals surface area contributed by atoms with E-state index in [1.807, 2.05) is 0 Å². The second-order valence-electron chi connectivity index (χ2n) is 16.6. The third-order valence-corrected chi connectivity index (χ3v) is 11.9. The van der Waals surface area contributed by atoms with Crippen LogP contribution in [0.1, 0.15) is 0 Å². The van der Waals surface area contributed by atoms with E-state index < -0.39 is 224 Å². The fourth-order valence-corrected chi connectivity index (χ4v) is 7.48. The highest BCUT2D eigenvalue weighted by Crippen LogP contribution is 2.31. The Morgan fingerprint density at radius 3 is 0.406 bits per heavy atom. The van der Waals surface area contributed by atoms with E-state index in [0.29, 0.717) is 0 Å². The summed E-state index contributed by atoms with van der Waals surface area (Å²) in [5.74, 6) is 0. The zero-order chi connectivity index (χ0) is 51.9. The van der Waals surface area contributed by atoms with Crippen LogP contribution in [0.25, 0.3) is 0 Å². The van der Waals surface area contributed by atoms with Gasteiger partial charge in [0, 0.05) is 0 Å². The fraction of sp³-hybridized carbons (Fsp3) is 1.00. The van der Waals surface area contributed by atoms with Gasteiger partial charge in [0.05, 0.1) is 39.6 Å². The van der Waals surface area contributed by atoms with E-state index in [4.69, 9.17) is 73.3 Å². The Hall–Kier alpha value is -1.32. The number of aliphatic hydroxyl groups is 24. The predicted octanol–water partition coefficient (Wildman–Crippen LogP) is -16.2. The van der Waals surface area contributed by atoms with Gasteiger partial charge in [-0.25, -0.2) is 0 Å². The number of hydrogen-bond acceptors (Lipinski definition) is 33. The molecule has 24 N–H and O–H groups in total. The van der Waals surface area contributed by atoms with Gasteiger partial charge in [-0.2, -0.15) is 0 Å². The summed E-state index contributed by atoms with van der Waals surface area (Å²) in [6.07, 6.45) is -46.8. The lowest BCUT2D eigenvalue weighted by atomic mass is 9.98. The van der Waals surface area contributed by atoms with E-state index >= 15 is 0 Å². The van der Waals surface area contributed by atoms with Crippen LogP contribution >= 0.6 is 0 Å². The van der Waals surface area contributed by atoms with E-state index in [9.17, 15) is 91.9 Å². The summed E-state index contributed by atoms with van der Waals surface area (Å²) in [4.78, 5) is 0. The highest BCUT2D eigenvalue weighted by Gasteiger charge is 2.53. The molecule has 0 aliphatic carbocycles. The zero-order valence-corrected chi connectivity index (χ0v) is 36.0. The molecule has 0 saturated carbocycles. The van der Waals surface area contributed by atoms with Crippen molar-refractivity contribution in [2.24, 2.45) is 0 Å². The summed E-state index contributed by atoms with van der Waals surface area (Å²) in [5, 5.41) is 229. The summed E-state index contributed by atoms with van der Waals surface area (Å²) >= 11 is 0. The lowest BCUT2D eigenvalue weighted by molar-refractivity contribution is -0.376. The van der Waals surface area contributed by atoms with Crippen LogP contribution in [-0.2, 0) is 42.6 Å². The van der Waals surface area contributed by atoms with E-state index in [0.717, 1.165) is 0 Å². The topological polar surface area (TPSA) is 569 Å². The molecule has 0 amide bonds. The van der Waals surface area contributed by atoms with E-state index in [1.165, 1.54) is 0 Å². The molecule has 6 heterocycles. The summed E-state index contributed by atoms with van der Waals surface area (Å²) < 4.78 is 45.9. The molecule has 0 spiro atoms. The van der Waals surface area contributed by atoms with Gasteiger partial charge in [0.25, 0.3) is 0 Å². The normalized spacial score (nSPS) is 51.7. The Kier molecular flexibility index (Phi) is 23.4. The van der Waals surface area contributed by atoms with Crippen molar-refractivity contribution in [2.75, 3.05) is 39.6 Å². The first-order valence-electron chi connectivity index (χ1n) is 21.2. The first-order chi connectivity index (χ1) is 32.4. The van der Waals surface area contributed by atoms with Gasteiger partial charge in [-0.15, -0.1) is 0 Å². The van der Waals surface area contributed by atoms with Crippen molar-refractivity contribution >= 4 is 0 Å². The van der Waals surface area contributed by atoms with Gasteiger partial charge in [0.1, 0.15) is 146 Å². The third kappa shape index (κ3) is 13.7. The first-order valence-corrected chi connectivity index (χ1v) is 21.2. The highest BCUT2D eigenvalue weighted by molar-refractivity contribution is 4.95. The van der Waals surface area contributed by atoms with Gasteiger partial charge in [-0.05, 0) is 0 Å². The molecule has 6 aliphatic rings. The first kappa shape index (κ1) is 60.2. The van der Waals surface area contributed by atoms with Crippen molar-refractivity contribution in [3.05, 3.63) is 0 Å². The second-order valence-corrected chi connectivity index (χ2v) is 16.6. The van der Waals surface area contributed by atoms with Crippen LogP contribution < -0.4 is 0 Å². The molecule has 408 valence electrons. The molecule has 0 unspecified atom stereocenters. The van der Waals surface area contributed by atoms with E-state index in [1.54, 1.807) is 0 Å². The lowest BCUT2D eigenvalue weighted by Gasteiger charge is -2.44. The van der Waals surface area contributed by atoms with Crippen molar-refractivity contribution < 1.29 is 165 Å². The molecule has 30 atom stereocenters. The zero-order valence-electron chi connectivity index (χ0n) is 36.0. The molecule has 0 aromatic carbocycles. The molecule has 0 aromatic rings. The Bertz CT molecular complexity index is 1200. The van der Waals surface area contributed by atoms with Gasteiger partial charge in [0.2, 0.25) is 0 Å². The van der Waals surface area contributed by atoms with Crippen molar-refractivity contribution in [3.8, 4) is 0 Å². The molecule has 33 heteroatoms. The molecular weight excluding hydrogens is 960 g/mol. The molecular formula is C36H66O33. The molecule has 69 heavy (non-hydrogen) atoms. The Morgan fingerprint density at radius 2 is 0.304 bits per heavy atom. The average Bonchev–Trinajstić information content (AvgIpc) is 3.34. The summed E-state index contributed by atoms with van der Waals surface area (Å²) in [6.45, 7) is -4.00. The van der Waals surface area contributed by atoms with Crippen LogP contribution in [0.5, 0.6) is 0 Å². The number of aliphatic hydroxyl groups excluding tert-OH is 24. The predicted molar refractivity (Wildman–Crippen MR) is 206 cm³/mol. The van der Waals surface area contributed by atoms with E-state index in [2.05, 4.69) is 0 Å².